The van der Waals surface area contributed by atoms with Gasteiger partial charge in [0.1, 0.15) is 0 Å². The molecule has 0 spiro atoms. The fourth-order valence-corrected chi connectivity index (χ4v) is 3.04. The van der Waals surface area contributed by atoms with Crippen LogP contribution in [0.1, 0.15) is 52.1 Å². The third-order valence-electron chi connectivity index (χ3n) is 4.57. The molecule has 2 rings (SSSR count). The lowest BCUT2D eigenvalue weighted by Crippen LogP contribution is -2.22. The summed E-state index contributed by atoms with van der Waals surface area (Å²) < 4.78 is 0. The van der Waals surface area contributed by atoms with E-state index in [1.807, 2.05) is 19.1 Å². The Morgan fingerprint density at radius 3 is 2.50 bits per heavy atom. The van der Waals surface area contributed by atoms with Gasteiger partial charge in [-0.1, -0.05) is 43.5 Å². The van der Waals surface area contributed by atoms with Crippen molar-refractivity contribution in [2.75, 3.05) is 0 Å². The minimum atomic E-state index is 0. The second kappa shape index (κ2) is 6.25. The number of nitrogens with one attached hydrogen (secondary N) is 1. The maximum atomic E-state index is 8.38. The molecule has 0 atom stereocenters. The van der Waals surface area contributed by atoms with E-state index in [1.165, 1.54) is 31.2 Å². The van der Waals surface area contributed by atoms with Crippen molar-refractivity contribution >= 4 is 5.71 Å². The molecule has 0 bridgehead atoms. The van der Waals surface area contributed by atoms with Crippen molar-refractivity contribution in [1.29, 1.82) is 5.41 Å². The molecule has 0 amide bonds. The molecule has 0 saturated heterocycles. The highest BCUT2D eigenvalue weighted by Crippen LogP contribution is 2.32. The topological polar surface area (TPSA) is 49.9 Å². The second-order valence-electron chi connectivity index (χ2n) is 6.28. The first kappa shape index (κ1) is 14.8. The second-order valence-corrected chi connectivity index (χ2v) is 6.28. The van der Waals surface area contributed by atoms with Crippen LogP contribution in [0.15, 0.2) is 35.5 Å². The van der Waals surface area contributed by atoms with E-state index < -0.39 is 0 Å². The number of benzene rings is 1. The Morgan fingerprint density at radius 2 is 1.90 bits per heavy atom. The van der Waals surface area contributed by atoms with Crippen molar-refractivity contribution in [2.45, 2.75) is 46.5 Å². The first-order valence-corrected chi connectivity index (χ1v) is 7.61. The van der Waals surface area contributed by atoms with Gasteiger partial charge in [-0.25, -0.2) is 0 Å². The normalized spacial score (nSPS) is 24.1. The standard InChI is InChI=1S/C18H26N2.H2/c1-12-7-9-15(10-8-12)17(19)14(3)18(20)16-6-4-5-13(2)11-16;/h4-6,11-12,15,20H,7-10,19H2,1-3H3;1H/b17-14-,20-18?;. The summed E-state index contributed by atoms with van der Waals surface area (Å²) in [6.45, 7) is 6.37. The number of aryl methyl sites for hydroxylation is 1. The van der Waals surface area contributed by atoms with Crippen LogP contribution in [-0.2, 0) is 0 Å². The average Bonchev–Trinajstić information content (AvgIpc) is 2.46. The summed E-state index contributed by atoms with van der Waals surface area (Å²) in [5, 5.41) is 8.38. The lowest BCUT2D eigenvalue weighted by Gasteiger charge is -2.27. The van der Waals surface area contributed by atoms with Crippen LogP contribution in [-0.4, -0.2) is 5.71 Å². The Labute approximate surface area is 124 Å². The zero-order valence-corrected chi connectivity index (χ0v) is 12.9. The van der Waals surface area contributed by atoms with Crippen LogP contribution < -0.4 is 5.73 Å². The molecule has 1 aliphatic rings. The van der Waals surface area contributed by atoms with Gasteiger partial charge in [-0.15, -0.1) is 0 Å². The minimum Gasteiger partial charge on any atom is -0.402 e. The van der Waals surface area contributed by atoms with Crippen molar-refractivity contribution in [1.82, 2.24) is 0 Å². The van der Waals surface area contributed by atoms with Crippen molar-refractivity contribution in [2.24, 2.45) is 17.6 Å². The molecule has 110 valence electrons. The van der Waals surface area contributed by atoms with Crippen LogP contribution in [0.4, 0.5) is 0 Å². The van der Waals surface area contributed by atoms with Crippen LogP contribution in [0.25, 0.3) is 0 Å². The van der Waals surface area contributed by atoms with Gasteiger partial charge in [0.15, 0.2) is 0 Å². The van der Waals surface area contributed by atoms with Gasteiger partial charge >= 0.3 is 0 Å². The smallest absolute Gasteiger partial charge is 0.0658 e. The van der Waals surface area contributed by atoms with E-state index in [2.05, 4.69) is 26.0 Å². The van der Waals surface area contributed by atoms with Gasteiger partial charge in [0.2, 0.25) is 0 Å². The van der Waals surface area contributed by atoms with Gasteiger partial charge < -0.3 is 5.73 Å². The van der Waals surface area contributed by atoms with Crippen molar-refractivity contribution in [3.05, 3.63) is 46.7 Å². The molecular weight excluding hydrogens is 244 g/mol. The van der Waals surface area contributed by atoms with Crippen molar-refractivity contribution in [3.63, 3.8) is 0 Å². The van der Waals surface area contributed by atoms with E-state index in [4.69, 9.17) is 11.1 Å². The molecular formula is C18H28N2. The third kappa shape index (κ3) is 3.30. The maximum absolute atomic E-state index is 8.38. The molecule has 1 aromatic carbocycles. The Kier molecular flexibility index (Phi) is 4.64. The van der Waals surface area contributed by atoms with Crippen LogP contribution in [0.2, 0.25) is 0 Å². The van der Waals surface area contributed by atoms with Crippen LogP contribution >= 0.6 is 0 Å². The number of hydrogen-bond acceptors (Lipinski definition) is 2. The Hall–Kier alpha value is -1.57. The number of hydrogen-bond donors (Lipinski definition) is 2. The van der Waals surface area contributed by atoms with Gasteiger partial charge in [0, 0.05) is 7.12 Å². The van der Waals surface area contributed by atoms with Crippen molar-refractivity contribution < 1.29 is 1.43 Å². The van der Waals surface area contributed by atoms with E-state index in [-0.39, 0.29) is 1.43 Å². The van der Waals surface area contributed by atoms with Gasteiger partial charge in [-0.2, -0.15) is 0 Å². The number of nitrogens with two attached hydrogens (primary N) is 1. The summed E-state index contributed by atoms with van der Waals surface area (Å²) in [6.07, 6.45) is 4.86. The highest BCUT2D eigenvalue weighted by atomic mass is 14.6. The molecule has 1 saturated carbocycles. The summed E-state index contributed by atoms with van der Waals surface area (Å²) in [6, 6.07) is 8.11. The molecule has 0 radical (unpaired) electrons. The Balaban J connectivity index is 0.00000220. The lowest BCUT2D eigenvalue weighted by atomic mass is 9.80. The third-order valence-corrected chi connectivity index (χ3v) is 4.57. The maximum Gasteiger partial charge on any atom is 0.0658 e. The van der Waals surface area contributed by atoms with E-state index in [0.29, 0.717) is 11.6 Å². The zero-order valence-electron chi connectivity index (χ0n) is 12.9. The lowest BCUT2D eigenvalue weighted by molar-refractivity contribution is 0.318. The monoisotopic (exact) mass is 272 g/mol. The minimum absolute atomic E-state index is 0. The number of rotatable bonds is 3. The van der Waals surface area contributed by atoms with Crippen LogP contribution in [0, 0.1) is 24.2 Å². The van der Waals surface area contributed by atoms with Crippen molar-refractivity contribution in [3.8, 4) is 0 Å². The van der Waals surface area contributed by atoms with E-state index in [1.54, 1.807) is 0 Å². The molecule has 1 fully saturated rings. The fraction of sp³-hybridized carbons (Fsp3) is 0.500. The largest absolute Gasteiger partial charge is 0.402 e. The molecule has 2 heteroatoms. The van der Waals surface area contributed by atoms with E-state index in [9.17, 15) is 0 Å². The quantitative estimate of drug-likeness (QED) is 0.772. The average molecular weight is 272 g/mol. The molecule has 0 aromatic heterocycles. The van der Waals surface area contributed by atoms with Crippen LogP contribution in [0.5, 0.6) is 0 Å². The molecule has 3 N–H and O–H groups in total. The summed E-state index contributed by atoms with van der Waals surface area (Å²) in [4.78, 5) is 0. The summed E-state index contributed by atoms with van der Waals surface area (Å²) >= 11 is 0. The predicted molar refractivity (Wildman–Crippen MR) is 88.1 cm³/mol. The molecule has 20 heavy (non-hydrogen) atoms. The highest BCUT2D eigenvalue weighted by Gasteiger charge is 2.22. The molecule has 1 aromatic rings. The zero-order chi connectivity index (χ0) is 14.7. The molecule has 0 aliphatic heterocycles. The number of allylic oxidation sites excluding steroid dienone is 2. The SMILES string of the molecule is C/C(C(=N)c1cccc(C)c1)=C(/N)C1CCC(C)CC1.[HH]. The van der Waals surface area contributed by atoms with E-state index >= 15 is 0 Å². The van der Waals surface area contributed by atoms with E-state index in [0.717, 1.165) is 22.8 Å². The Bertz CT molecular complexity index is 526. The molecule has 2 nitrogen and oxygen atoms in total. The summed E-state index contributed by atoms with van der Waals surface area (Å²) in [5.74, 6) is 1.30. The first-order chi connectivity index (χ1) is 9.49. The summed E-state index contributed by atoms with van der Waals surface area (Å²) in [7, 11) is 0. The first-order valence-electron chi connectivity index (χ1n) is 7.61. The Morgan fingerprint density at radius 1 is 1.25 bits per heavy atom. The van der Waals surface area contributed by atoms with Gasteiger partial charge in [0.25, 0.3) is 0 Å². The molecule has 1 aliphatic carbocycles. The van der Waals surface area contributed by atoms with Gasteiger partial charge in [-0.3, -0.25) is 5.41 Å². The van der Waals surface area contributed by atoms with Crippen LogP contribution in [0.3, 0.4) is 0 Å². The van der Waals surface area contributed by atoms with Gasteiger partial charge in [0.05, 0.1) is 5.71 Å². The highest BCUT2D eigenvalue weighted by molar-refractivity contribution is 6.10. The fourth-order valence-electron chi connectivity index (χ4n) is 3.04. The molecule has 0 heterocycles. The molecule has 0 unspecified atom stereocenters. The predicted octanol–water partition coefficient (Wildman–Crippen LogP) is 4.67. The summed E-state index contributed by atoms with van der Waals surface area (Å²) in [5.41, 5.74) is 11.0. The van der Waals surface area contributed by atoms with Gasteiger partial charge in [-0.05, 0) is 55.7 Å².